The van der Waals surface area contributed by atoms with Gasteiger partial charge in [-0.05, 0) is 96.3 Å². The Labute approximate surface area is 414 Å². The van der Waals surface area contributed by atoms with E-state index in [0.717, 1.165) is 116 Å². The molecule has 0 aromatic rings. The number of ether oxygens (including phenoxy) is 3. The zero-order valence-corrected chi connectivity index (χ0v) is 43.9. The molecular formula is C61H104O6. The molecule has 0 aromatic carbocycles. The molecule has 0 rings (SSSR count). The topological polar surface area (TPSA) is 78.9 Å². The highest BCUT2D eigenvalue weighted by molar-refractivity contribution is 5.71. The highest BCUT2D eigenvalue weighted by Crippen LogP contribution is 2.14. The van der Waals surface area contributed by atoms with Gasteiger partial charge in [0.25, 0.3) is 0 Å². The van der Waals surface area contributed by atoms with Crippen LogP contribution in [0.2, 0.25) is 0 Å². The number of hydrogen-bond acceptors (Lipinski definition) is 6. The van der Waals surface area contributed by atoms with Gasteiger partial charge in [0.2, 0.25) is 0 Å². The van der Waals surface area contributed by atoms with Gasteiger partial charge in [0.15, 0.2) is 6.10 Å². The third kappa shape index (κ3) is 53.4. The van der Waals surface area contributed by atoms with E-state index in [1.165, 1.54) is 109 Å². The second-order valence-electron chi connectivity index (χ2n) is 18.5. The first-order valence-electron chi connectivity index (χ1n) is 28.1. The molecule has 0 bridgehead atoms. The normalized spacial score (nSPS) is 12.7. The Morgan fingerprint density at radius 3 is 0.910 bits per heavy atom. The summed E-state index contributed by atoms with van der Waals surface area (Å²) in [5, 5.41) is 0. The summed E-state index contributed by atoms with van der Waals surface area (Å²) in [7, 11) is 0. The zero-order chi connectivity index (χ0) is 48.6. The molecule has 6 heteroatoms. The minimum absolute atomic E-state index is 0.0841. The van der Waals surface area contributed by atoms with Gasteiger partial charge in [0, 0.05) is 19.3 Å². The first-order valence-corrected chi connectivity index (χ1v) is 28.1. The van der Waals surface area contributed by atoms with Crippen LogP contribution in [0.3, 0.4) is 0 Å². The number of carbonyl (C=O) groups is 3. The summed E-state index contributed by atoms with van der Waals surface area (Å²) in [5.41, 5.74) is 0. The minimum atomic E-state index is -0.785. The van der Waals surface area contributed by atoms with Gasteiger partial charge in [-0.1, -0.05) is 234 Å². The Hall–Kier alpha value is -3.41. The molecule has 0 N–H and O–H groups in total. The number of carbonyl (C=O) groups excluding carboxylic acids is 3. The number of hydrogen-bond donors (Lipinski definition) is 0. The second kappa shape index (κ2) is 55.2. The lowest BCUT2D eigenvalue weighted by Gasteiger charge is -2.18. The summed E-state index contributed by atoms with van der Waals surface area (Å²) < 4.78 is 16.8. The van der Waals surface area contributed by atoms with Crippen molar-refractivity contribution < 1.29 is 28.6 Å². The maximum atomic E-state index is 12.8. The number of rotatable bonds is 50. The third-order valence-electron chi connectivity index (χ3n) is 11.9. The van der Waals surface area contributed by atoms with Gasteiger partial charge in [-0.3, -0.25) is 14.4 Å². The van der Waals surface area contributed by atoms with Gasteiger partial charge < -0.3 is 14.2 Å². The molecule has 0 aliphatic carbocycles. The first kappa shape index (κ1) is 63.6. The van der Waals surface area contributed by atoms with Crippen molar-refractivity contribution in [3.8, 4) is 0 Å². The predicted molar refractivity (Wildman–Crippen MR) is 288 cm³/mol. The van der Waals surface area contributed by atoms with Crippen LogP contribution in [0.25, 0.3) is 0 Å². The highest BCUT2D eigenvalue weighted by atomic mass is 16.6. The number of allylic oxidation sites excluding steroid dienone is 14. The fraction of sp³-hybridized carbons (Fsp3) is 0.721. The summed E-state index contributed by atoms with van der Waals surface area (Å²) in [6, 6.07) is 0. The van der Waals surface area contributed by atoms with Crippen molar-refractivity contribution in [3.63, 3.8) is 0 Å². The molecule has 67 heavy (non-hydrogen) atoms. The Kier molecular flexibility index (Phi) is 52.4. The van der Waals surface area contributed by atoms with Gasteiger partial charge in [-0.2, -0.15) is 0 Å². The number of unbranched alkanes of at least 4 members (excludes halogenated alkanes) is 25. The molecule has 0 fully saturated rings. The van der Waals surface area contributed by atoms with E-state index in [-0.39, 0.29) is 31.1 Å². The largest absolute Gasteiger partial charge is 0.462 e. The van der Waals surface area contributed by atoms with E-state index in [0.29, 0.717) is 19.3 Å². The summed E-state index contributed by atoms with van der Waals surface area (Å²) in [6.07, 6.45) is 71.6. The Morgan fingerprint density at radius 2 is 0.582 bits per heavy atom. The molecule has 0 heterocycles. The second-order valence-corrected chi connectivity index (χ2v) is 18.5. The van der Waals surface area contributed by atoms with Crippen LogP contribution in [0.1, 0.15) is 265 Å². The summed E-state index contributed by atoms with van der Waals surface area (Å²) >= 11 is 0. The van der Waals surface area contributed by atoms with Crippen LogP contribution in [0.15, 0.2) is 85.1 Å². The fourth-order valence-corrected chi connectivity index (χ4v) is 7.68. The van der Waals surface area contributed by atoms with E-state index in [1.807, 2.05) is 0 Å². The summed E-state index contributed by atoms with van der Waals surface area (Å²) in [6.45, 7) is 6.46. The SMILES string of the molecule is CC/C=C\C/C=C\C/C=C\C/C=C\CCCCCCCCCCC(=O)OCC(COC(=O)CCCCCCCCC)OC(=O)CCCCCCCC/C=C\C/C=C\C/C=C\CCCCCCC. The van der Waals surface area contributed by atoms with E-state index < -0.39 is 6.10 Å². The van der Waals surface area contributed by atoms with Crippen LogP contribution in [0.5, 0.6) is 0 Å². The molecule has 0 saturated carbocycles. The van der Waals surface area contributed by atoms with Crippen LogP contribution < -0.4 is 0 Å². The van der Waals surface area contributed by atoms with Crippen LogP contribution in [0.4, 0.5) is 0 Å². The molecule has 0 saturated heterocycles. The molecular weight excluding hydrogens is 829 g/mol. The van der Waals surface area contributed by atoms with Crippen molar-refractivity contribution in [2.75, 3.05) is 13.2 Å². The van der Waals surface area contributed by atoms with Crippen molar-refractivity contribution in [2.24, 2.45) is 0 Å². The monoisotopic (exact) mass is 933 g/mol. The molecule has 0 aromatic heterocycles. The lowest BCUT2D eigenvalue weighted by atomic mass is 10.1. The smallest absolute Gasteiger partial charge is 0.306 e. The van der Waals surface area contributed by atoms with E-state index in [1.54, 1.807) is 0 Å². The zero-order valence-electron chi connectivity index (χ0n) is 43.9. The fourth-order valence-electron chi connectivity index (χ4n) is 7.68. The van der Waals surface area contributed by atoms with E-state index >= 15 is 0 Å². The Bertz CT molecular complexity index is 1300. The van der Waals surface area contributed by atoms with E-state index in [4.69, 9.17) is 14.2 Å². The van der Waals surface area contributed by atoms with Gasteiger partial charge >= 0.3 is 17.9 Å². The van der Waals surface area contributed by atoms with E-state index in [2.05, 4.69) is 106 Å². The molecule has 1 unspecified atom stereocenters. The number of esters is 3. The molecule has 0 aliphatic rings. The average molecular weight is 933 g/mol. The molecule has 0 radical (unpaired) electrons. The van der Waals surface area contributed by atoms with Crippen molar-refractivity contribution in [2.45, 2.75) is 271 Å². The minimum Gasteiger partial charge on any atom is -0.462 e. The lowest BCUT2D eigenvalue weighted by molar-refractivity contribution is -0.167. The lowest BCUT2D eigenvalue weighted by Crippen LogP contribution is -2.30. The maximum absolute atomic E-state index is 12.8. The van der Waals surface area contributed by atoms with Crippen molar-refractivity contribution >= 4 is 17.9 Å². The van der Waals surface area contributed by atoms with Crippen LogP contribution >= 0.6 is 0 Å². The van der Waals surface area contributed by atoms with Crippen LogP contribution in [0, 0.1) is 0 Å². The van der Waals surface area contributed by atoms with Crippen molar-refractivity contribution in [1.82, 2.24) is 0 Å². The van der Waals surface area contributed by atoms with Crippen LogP contribution in [-0.4, -0.2) is 37.2 Å². The average Bonchev–Trinajstić information content (AvgIpc) is 3.33. The predicted octanol–water partition coefficient (Wildman–Crippen LogP) is 18.8. The Balaban J connectivity index is 4.26. The van der Waals surface area contributed by atoms with Crippen LogP contribution in [-0.2, 0) is 28.6 Å². The quantitative estimate of drug-likeness (QED) is 0.0262. The van der Waals surface area contributed by atoms with Crippen molar-refractivity contribution in [1.29, 1.82) is 0 Å². The maximum Gasteiger partial charge on any atom is 0.306 e. The van der Waals surface area contributed by atoms with Gasteiger partial charge in [-0.25, -0.2) is 0 Å². The van der Waals surface area contributed by atoms with Gasteiger partial charge in [0.1, 0.15) is 13.2 Å². The summed E-state index contributed by atoms with van der Waals surface area (Å²) in [5.74, 6) is -0.909. The van der Waals surface area contributed by atoms with Gasteiger partial charge in [0.05, 0.1) is 0 Å². The molecule has 0 spiro atoms. The molecule has 0 aliphatic heterocycles. The van der Waals surface area contributed by atoms with Gasteiger partial charge in [-0.15, -0.1) is 0 Å². The first-order chi connectivity index (χ1) is 33.0. The molecule has 6 nitrogen and oxygen atoms in total. The summed E-state index contributed by atoms with van der Waals surface area (Å²) in [4.78, 5) is 37.9. The Morgan fingerprint density at radius 1 is 0.313 bits per heavy atom. The van der Waals surface area contributed by atoms with Crippen molar-refractivity contribution in [3.05, 3.63) is 85.1 Å². The molecule has 0 amide bonds. The standard InChI is InChI=1S/C61H104O6/c1-4-7-10-13-16-18-20-22-24-26-28-30-32-34-36-38-40-42-45-48-51-54-60(63)66-57-58(56-65-59(62)53-50-47-44-15-12-9-6-3)67-61(64)55-52-49-46-43-41-39-37-35-33-31-29-27-25-23-21-19-17-14-11-8-5-2/h7,10,16,18,21-24,27-30,33,35,58H,4-6,8-9,11-15,17,19-20,25-26,31-32,34,36-57H2,1-3H3/b10-7-,18-16-,23-21-,24-22-,29-27-,30-28-,35-33-. The van der Waals surface area contributed by atoms with E-state index in [9.17, 15) is 14.4 Å². The third-order valence-corrected chi connectivity index (χ3v) is 11.9. The molecule has 1 atom stereocenters. The highest BCUT2D eigenvalue weighted by Gasteiger charge is 2.19. The molecule has 384 valence electrons.